The molecule has 0 heterocycles. The van der Waals surface area contributed by atoms with Gasteiger partial charge >= 0.3 is 0 Å². The van der Waals surface area contributed by atoms with Crippen molar-refractivity contribution >= 4 is 27.5 Å². The molecule has 0 N–H and O–H groups in total. The number of carbonyl (C=O) groups excluding carboxylic acids is 2. The van der Waals surface area contributed by atoms with Gasteiger partial charge in [0.15, 0.2) is 5.78 Å². The number of carbonyl (C=O) groups is 2. The monoisotopic (exact) mass is 250 g/mol. The van der Waals surface area contributed by atoms with Crippen molar-refractivity contribution in [2.24, 2.45) is 0 Å². The number of aryl methyl sites for hydroxylation is 1. The fourth-order valence-electron chi connectivity index (χ4n) is 1.45. The first kappa shape index (κ1) is 9.34. The molecule has 0 radical (unpaired) electrons. The van der Waals surface area contributed by atoms with Crippen LogP contribution in [0.5, 0.6) is 0 Å². The first-order valence-electron chi connectivity index (χ1n) is 4.16. The third kappa shape index (κ3) is 1.34. The molecule has 0 spiro atoms. The van der Waals surface area contributed by atoms with E-state index in [-0.39, 0.29) is 11.6 Å². The van der Waals surface area contributed by atoms with Crippen molar-refractivity contribution in [2.75, 3.05) is 0 Å². The van der Waals surface area contributed by atoms with Crippen molar-refractivity contribution < 1.29 is 9.59 Å². The molecule has 0 aromatic heterocycles. The van der Waals surface area contributed by atoms with Crippen LogP contribution < -0.4 is 0 Å². The molecule has 0 fully saturated rings. The molecule has 0 bridgehead atoms. The van der Waals surface area contributed by atoms with Crippen LogP contribution >= 0.6 is 15.9 Å². The van der Waals surface area contributed by atoms with Crippen LogP contribution in [0, 0.1) is 6.92 Å². The second-order valence-electron chi connectivity index (χ2n) is 3.23. The third-order valence-electron chi connectivity index (χ3n) is 2.16. The first-order chi connectivity index (χ1) is 6.59. The highest BCUT2D eigenvalue weighted by Gasteiger charge is 2.23. The lowest BCUT2D eigenvalue weighted by Gasteiger charge is -2.11. The van der Waals surface area contributed by atoms with Crippen molar-refractivity contribution in [3.8, 4) is 0 Å². The molecule has 0 aliphatic heterocycles. The number of halogens is 1. The molecule has 0 saturated heterocycles. The molecule has 0 saturated carbocycles. The topological polar surface area (TPSA) is 34.1 Å². The van der Waals surface area contributed by atoms with Gasteiger partial charge < -0.3 is 0 Å². The largest absolute Gasteiger partial charge is 0.289 e. The normalized spacial score (nSPS) is 15.1. The van der Waals surface area contributed by atoms with Gasteiger partial charge in [-0.1, -0.05) is 17.7 Å². The van der Waals surface area contributed by atoms with Gasteiger partial charge in [-0.15, -0.1) is 0 Å². The first-order valence-corrected chi connectivity index (χ1v) is 4.96. The third-order valence-corrected chi connectivity index (χ3v) is 2.75. The second-order valence-corrected chi connectivity index (χ2v) is 4.09. The molecule has 1 aromatic carbocycles. The number of fused-ring (bicyclic) bond motifs is 1. The van der Waals surface area contributed by atoms with Crippen LogP contribution in [0.4, 0.5) is 0 Å². The summed E-state index contributed by atoms with van der Waals surface area (Å²) in [4.78, 5) is 23.1. The Morgan fingerprint density at radius 2 is 1.86 bits per heavy atom. The van der Waals surface area contributed by atoms with E-state index in [0.717, 1.165) is 5.56 Å². The van der Waals surface area contributed by atoms with E-state index in [1.165, 1.54) is 6.08 Å². The Morgan fingerprint density at radius 1 is 1.14 bits per heavy atom. The summed E-state index contributed by atoms with van der Waals surface area (Å²) in [7, 11) is 0. The van der Waals surface area contributed by atoms with E-state index < -0.39 is 0 Å². The van der Waals surface area contributed by atoms with Crippen molar-refractivity contribution in [2.45, 2.75) is 6.92 Å². The molecular weight excluding hydrogens is 244 g/mol. The lowest BCUT2D eigenvalue weighted by molar-refractivity contribution is 0.0992. The molecule has 1 aromatic rings. The Hall–Kier alpha value is -1.22. The predicted molar refractivity (Wildman–Crippen MR) is 56.9 cm³/mol. The minimum Gasteiger partial charge on any atom is -0.289 e. The number of rotatable bonds is 0. The average molecular weight is 251 g/mol. The van der Waals surface area contributed by atoms with Crippen LogP contribution in [0.25, 0.3) is 0 Å². The molecule has 14 heavy (non-hydrogen) atoms. The van der Waals surface area contributed by atoms with Crippen molar-refractivity contribution in [3.05, 3.63) is 45.4 Å². The van der Waals surface area contributed by atoms with Crippen molar-refractivity contribution in [3.63, 3.8) is 0 Å². The van der Waals surface area contributed by atoms with Gasteiger partial charge in [0.1, 0.15) is 0 Å². The van der Waals surface area contributed by atoms with Crippen LogP contribution in [0.15, 0.2) is 28.8 Å². The van der Waals surface area contributed by atoms with Gasteiger partial charge in [-0.3, -0.25) is 9.59 Å². The molecule has 0 atom stereocenters. The highest BCUT2D eigenvalue weighted by molar-refractivity contribution is 9.12. The fourth-order valence-corrected chi connectivity index (χ4v) is 1.87. The minimum atomic E-state index is -0.122. The molecule has 0 unspecified atom stereocenters. The van der Waals surface area contributed by atoms with Gasteiger partial charge in [0.05, 0.1) is 4.48 Å². The summed E-state index contributed by atoms with van der Waals surface area (Å²) in [5.74, 6) is -0.241. The van der Waals surface area contributed by atoms with E-state index in [2.05, 4.69) is 15.9 Å². The van der Waals surface area contributed by atoms with Gasteiger partial charge in [0, 0.05) is 17.2 Å². The lowest BCUT2D eigenvalue weighted by atomic mass is 9.93. The number of allylic oxidation sites excluding steroid dienone is 2. The molecule has 2 rings (SSSR count). The number of benzene rings is 1. The van der Waals surface area contributed by atoms with E-state index in [1.54, 1.807) is 12.1 Å². The zero-order valence-corrected chi connectivity index (χ0v) is 9.09. The molecule has 1 aliphatic carbocycles. The molecule has 1 aliphatic rings. The summed E-state index contributed by atoms with van der Waals surface area (Å²) in [5.41, 5.74) is 1.96. The lowest BCUT2D eigenvalue weighted by Crippen LogP contribution is -2.14. The van der Waals surface area contributed by atoms with Crippen molar-refractivity contribution in [1.29, 1.82) is 0 Å². The van der Waals surface area contributed by atoms with Crippen LogP contribution in [0.1, 0.15) is 26.3 Å². The highest BCUT2D eigenvalue weighted by atomic mass is 79.9. The average Bonchev–Trinajstić information content (AvgIpc) is 2.14. The van der Waals surface area contributed by atoms with E-state index in [4.69, 9.17) is 0 Å². The molecular formula is C11H7BrO2. The second kappa shape index (κ2) is 3.17. The number of hydrogen-bond donors (Lipinski definition) is 0. The van der Waals surface area contributed by atoms with Gasteiger partial charge in [-0.2, -0.15) is 0 Å². The molecule has 3 heteroatoms. The summed E-state index contributed by atoms with van der Waals surface area (Å²) in [5, 5.41) is 0. The smallest absolute Gasteiger partial charge is 0.200 e. The highest BCUT2D eigenvalue weighted by Crippen LogP contribution is 2.25. The summed E-state index contributed by atoms with van der Waals surface area (Å²) in [6.07, 6.45) is 1.32. The fraction of sp³-hybridized carbons (Fsp3) is 0.0909. The molecule has 0 amide bonds. The molecule has 2 nitrogen and oxygen atoms in total. The zero-order chi connectivity index (χ0) is 10.3. The Kier molecular flexibility index (Phi) is 2.11. The van der Waals surface area contributed by atoms with Gasteiger partial charge in [0.25, 0.3) is 0 Å². The SMILES string of the molecule is Cc1ccc2c(c1)C(=O)C(Br)=CC2=O. The Labute approximate surface area is 89.8 Å². The molecule has 70 valence electrons. The summed E-state index contributed by atoms with van der Waals surface area (Å²) < 4.78 is 0.334. The van der Waals surface area contributed by atoms with E-state index in [1.807, 2.05) is 13.0 Å². The number of Topliss-reactive ketones (excluding diaryl/α,β-unsaturated/α-hetero) is 1. The standard InChI is InChI=1S/C11H7BrO2/c1-6-2-3-7-8(4-6)11(14)9(12)5-10(7)13/h2-5H,1H3. The van der Waals surface area contributed by atoms with Crippen LogP contribution in [0.3, 0.4) is 0 Å². The number of hydrogen-bond acceptors (Lipinski definition) is 2. The Bertz CT molecular complexity index is 472. The zero-order valence-electron chi connectivity index (χ0n) is 7.50. The van der Waals surface area contributed by atoms with Crippen LogP contribution in [0.2, 0.25) is 0 Å². The Morgan fingerprint density at radius 3 is 2.57 bits per heavy atom. The van der Waals surface area contributed by atoms with Gasteiger partial charge in [0.2, 0.25) is 5.78 Å². The Balaban J connectivity index is 2.69. The van der Waals surface area contributed by atoms with Crippen LogP contribution in [-0.2, 0) is 0 Å². The maximum absolute atomic E-state index is 11.6. The maximum Gasteiger partial charge on any atom is 0.200 e. The predicted octanol–water partition coefficient (Wildman–Crippen LogP) is 2.65. The van der Waals surface area contributed by atoms with Crippen molar-refractivity contribution in [1.82, 2.24) is 0 Å². The summed E-state index contributed by atoms with van der Waals surface area (Å²) in [6, 6.07) is 5.27. The van der Waals surface area contributed by atoms with Crippen LogP contribution in [-0.4, -0.2) is 11.6 Å². The maximum atomic E-state index is 11.6. The summed E-state index contributed by atoms with van der Waals surface area (Å²) in [6.45, 7) is 1.89. The van der Waals surface area contributed by atoms with E-state index in [9.17, 15) is 9.59 Å². The quantitative estimate of drug-likeness (QED) is 0.710. The van der Waals surface area contributed by atoms with Gasteiger partial charge in [-0.05, 0) is 28.9 Å². The van der Waals surface area contributed by atoms with E-state index >= 15 is 0 Å². The number of ketones is 2. The minimum absolute atomic E-state index is 0.119. The van der Waals surface area contributed by atoms with Gasteiger partial charge in [-0.25, -0.2) is 0 Å². The van der Waals surface area contributed by atoms with E-state index in [0.29, 0.717) is 15.6 Å². The summed E-state index contributed by atoms with van der Waals surface area (Å²) >= 11 is 3.08.